The molecule has 0 fully saturated rings. The monoisotopic (exact) mass is 555 g/mol. The highest BCUT2D eigenvalue weighted by atomic mass is 127. The van der Waals surface area contributed by atoms with Crippen LogP contribution in [-0.4, -0.2) is 29.0 Å². The van der Waals surface area contributed by atoms with Crippen LogP contribution >= 0.6 is 38.5 Å². The van der Waals surface area contributed by atoms with E-state index in [4.69, 9.17) is 9.47 Å². The van der Waals surface area contributed by atoms with Crippen LogP contribution in [0.4, 0.5) is 0 Å². The molecule has 144 valence electrons. The lowest BCUT2D eigenvalue weighted by Gasteiger charge is -2.11. The number of hydrogen-bond acceptors (Lipinski definition) is 6. The molecule has 3 aromatic rings. The molecule has 28 heavy (non-hydrogen) atoms. The quantitative estimate of drug-likeness (QED) is 0.211. The smallest absolute Gasteiger partial charge is 0.308 e. The highest BCUT2D eigenvalue weighted by Gasteiger charge is 2.13. The number of carbonyl (C=O) groups excluding carboxylic acids is 1. The van der Waals surface area contributed by atoms with Crippen LogP contribution in [0.2, 0.25) is 0 Å². The second-order valence-electron chi connectivity index (χ2n) is 5.81. The molecule has 0 spiro atoms. The lowest BCUT2D eigenvalue weighted by Crippen LogP contribution is -2.20. The first-order chi connectivity index (χ1) is 13.3. The molecule has 0 amide bonds. The largest absolute Gasteiger partial charge is 0.493 e. The number of carbonyl (C=O) groups is 1. The van der Waals surface area contributed by atoms with E-state index < -0.39 is 5.97 Å². The zero-order chi connectivity index (χ0) is 20.4. The Balaban J connectivity index is 2.06. The Morgan fingerprint density at radius 3 is 2.75 bits per heavy atom. The Hall–Kier alpha value is -2.27. The van der Waals surface area contributed by atoms with Gasteiger partial charge in [-0.3, -0.25) is 9.59 Å². The van der Waals surface area contributed by atoms with Crippen LogP contribution in [0.1, 0.15) is 18.3 Å². The maximum absolute atomic E-state index is 12.8. The van der Waals surface area contributed by atoms with Crippen LogP contribution in [0.3, 0.4) is 0 Å². The summed E-state index contributed by atoms with van der Waals surface area (Å²) in [5.41, 5.74) is 1.02. The summed E-state index contributed by atoms with van der Waals surface area (Å²) in [4.78, 5) is 28.5. The maximum atomic E-state index is 12.8. The van der Waals surface area contributed by atoms with E-state index in [0.29, 0.717) is 37.4 Å². The van der Waals surface area contributed by atoms with Crippen molar-refractivity contribution in [3.05, 3.63) is 60.1 Å². The van der Waals surface area contributed by atoms with E-state index in [1.165, 1.54) is 24.9 Å². The minimum absolute atomic E-state index is 0.266. The lowest BCUT2D eigenvalue weighted by atomic mass is 10.2. The van der Waals surface area contributed by atoms with Gasteiger partial charge in [-0.1, -0.05) is 15.9 Å². The highest BCUT2D eigenvalue weighted by Crippen LogP contribution is 2.33. The van der Waals surface area contributed by atoms with Crippen molar-refractivity contribution < 1.29 is 14.3 Å². The van der Waals surface area contributed by atoms with Crippen LogP contribution in [0.5, 0.6) is 11.5 Å². The van der Waals surface area contributed by atoms with Crippen LogP contribution < -0.4 is 15.0 Å². The molecule has 3 rings (SSSR count). The molecule has 0 aliphatic heterocycles. The predicted octanol–water partition coefficient (Wildman–Crippen LogP) is 3.89. The number of rotatable bonds is 4. The molecular formula is C19H15BrIN3O4. The van der Waals surface area contributed by atoms with Gasteiger partial charge in [0, 0.05) is 11.4 Å². The van der Waals surface area contributed by atoms with Crippen LogP contribution in [0, 0.1) is 10.5 Å². The third kappa shape index (κ3) is 4.25. The van der Waals surface area contributed by atoms with Gasteiger partial charge >= 0.3 is 5.97 Å². The van der Waals surface area contributed by atoms with Crippen molar-refractivity contribution >= 4 is 61.6 Å². The number of benzene rings is 2. The van der Waals surface area contributed by atoms with Crippen molar-refractivity contribution in [3.8, 4) is 11.5 Å². The number of aryl methyl sites for hydroxylation is 1. The fraction of sp³-hybridized carbons (Fsp3) is 0.158. The van der Waals surface area contributed by atoms with Crippen LogP contribution in [-0.2, 0) is 4.79 Å². The summed E-state index contributed by atoms with van der Waals surface area (Å²) < 4.78 is 13.2. The third-order valence-electron chi connectivity index (χ3n) is 3.79. The van der Waals surface area contributed by atoms with Gasteiger partial charge in [-0.2, -0.15) is 9.78 Å². The number of ether oxygens (including phenoxy) is 2. The third-order valence-corrected chi connectivity index (χ3v) is 5.08. The Bertz CT molecular complexity index is 1170. The van der Waals surface area contributed by atoms with E-state index in [-0.39, 0.29) is 5.56 Å². The summed E-state index contributed by atoms with van der Waals surface area (Å²) in [6, 6.07) is 8.78. The molecule has 0 N–H and O–H groups in total. The number of nitrogens with zero attached hydrogens (tertiary/aromatic N) is 3. The van der Waals surface area contributed by atoms with E-state index in [1.807, 2.05) is 28.7 Å². The maximum Gasteiger partial charge on any atom is 0.308 e. The molecule has 0 aliphatic rings. The first-order valence-electron chi connectivity index (χ1n) is 8.09. The average Bonchev–Trinajstić information content (AvgIpc) is 2.64. The fourth-order valence-corrected chi connectivity index (χ4v) is 3.67. The Labute approximate surface area is 182 Å². The van der Waals surface area contributed by atoms with Crippen molar-refractivity contribution in [2.45, 2.75) is 13.8 Å². The number of methoxy groups -OCH3 is 1. The van der Waals surface area contributed by atoms with E-state index in [9.17, 15) is 9.59 Å². The van der Waals surface area contributed by atoms with Gasteiger partial charge in [0.1, 0.15) is 5.82 Å². The Morgan fingerprint density at radius 2 is 2.07 bits per heavy atom. The number of aromatic nitrogens is 2. The Morgan fingerprint density at radius 1 is 1.32 bits per heavy atom. The van der Waals surface area contributed by atoms with Gasteiger partial charge in [-0.25, -0.2) is 4.98 Å². The van der Waals surface area contributed by atoms with E-state index in [2.05, 4.69) is 26.0 Å². The summed E-state index contributed by atoms with van der Waals surface area (Å²) in [5, 5.41) is 4.76. The van der Waals surface area contributed by atoms with Gasteiger partial charge in [-0.05, 0) is 65.4 Å². The predicted molar refractivity (Wildman–Crippen MR) is 118 cm³/mol. The molecule has 1 aromatic heterocycles. The van der Waals surface area contributed by atoms with Gasteiger partial charge in [0.25, 0.3) is 5.56 Å². The summed E-state index contributed by atoms with van der Waals surface area (Å²) in [6.07, 6.45) is 1.53. The normalized spacial score (nSPS) is 11.2. The van der Waals surface area contributed by atoms with Gasteiger partial charge in [0.15, 0.2) is 11.5 Å². The molecule has 0 aliphatic carbocycles. The average molecular weight is 556 g/mol. The molecule has 2 aromatic carbocycles. The standard InChI is InChI=1S/C19H15BrIN3O4/c1-10-23-16-5-4-13(20)8-14(16)19(26)24(10)22-9-12-6-15(21)18(28-11(2)25)17(7-12)27-3/h4-9H,1-3H3. The van der Waals surface area contributed by atoms with Crippen LogP contribution in [0.15, 0.2) is 44.7 Å². The van der Waals surface area contributed by atoms with Gasteiger partial charge in [0.2, 0.25) is 0 Å². The first kappa shape index (κ1) is 20.5. The molecule has 0 saturated carbocycles. The highest BCUT2D eigenvalue weighted by molar-refractivity contribution is 14.1. The van der Waals surface area contributed by atoms with Gasteiger partial charge in [0.05, 0.1) is 27.8 Å². The zero-order valence-corrected chi connectivity index (χ0v) is 18.9. The van der Waals surface area contributed by atoms with Gasteiger partial charge in [-0.15, -0.1) is 0 Å². The molecular weight excluding hydrogens is 541 g/mol. The SMILES string of the molecule is COc1cc(C=Nn2c(C)nc3ccc(Br)cc3c2=O)cc(I)c1OC(C)=O. The minimum atomic E-state index is -0.437. The molecule has 9 heteroatoms. The molecule has 7 nitrogen and oxygen atoms in total. The van der Waals surface area contributed by atoms with Crippen molar-refractivity contribution in [3.63, 3.8) is 0 Å². The van der Waals surface area contributed by atoms with Crippen molar-refractivity contribution in [2.75, 3.05) is 7.11 Å². The molecule has 0 saturated heterocycles. The van der Waals surface area contributed by atoms with Crippen molar-refractivity contribution in [2.24, 2.45) is 5.10 Å². The number of esters is 1. The lowest BCUT2D eigenvalue weighted by molar-refractivity contribution is -0.132. The molecule has 1 heterocycles. The van der Waals surface area contributed by atoms with Crippen molar-refractivity contribution in [1.29, 1.82) is 0 Å². The van der Waals surface area contributed by atoms with E-state index >= 15 is 0 Å². The second kappa shape index (κ2) is 8.39. The minimum Gasteiger partial charge on any atom is -0.493 e. The van der Waals surface area contributed by atoms with E-state index in [0.717, 1.165) is 4.47 Å². The molecule has 0 atom stereocenters. The molecule has 0 bridgehead atoms. The number of hydrogen-bond donors (Lipinski definition) is 0. The zero-order valence-electron chi connectivity index (χ0n) is 15.2. The Kier molecular flexibility index (Phi) is 6.14. The number of fused-ring (bicyclic) bond motifs is 1. The summed E-state index contributed by atoms with van der Waals surface area (Å²) in [7, 11) is 1.49. The fourth-order valence-electron chi connectivity index (χ4n) is 2.58. The van der Waals surface area contributed by atoms with Crippen molar-refractivity contribution in [1.82, 2.24) is 9.66 Å². The topological polar surface area (TPSA) is 82.8 Å². The summed E-state index contributed by atoms with van der Waals surface area (Å²) >= 11 is 5.41. The second-order valence-corrected chi connectivity index (χ2v) is 7.89. The summed E-state index contributed by atoms with van der Waals surface area (Å²) in [5.74, 6) is 0.772. The number of halogens is 2. The molecule has 0 radical (unpaired) electrons. The molecule has 0 unspecified atom stereocenters. The van der Waals surface area contributed by atoms with E-state index in [1.54, 1.807) is 31.2 Å². The van der Waals surface area contributed by atoms with Crippen LogP contribution in [0.25, 0.3) is 10.9 Å². The summed E-state index contributed by atoms with van der Waals surface area (Å²) in [6.45, 7) is 3.04. The van der Waals surface area contributed by atoms with Gasteiger partial charge < -0.3 is 9.47 Å². The first-order valence-corrected chi connectivity index (χ1v) is 9.96.